The maximum atomic E-state index is 10.3. The van der Waals surface area contributed by atoms with Gasteiger partial charge in [0.1, 0.15) is 0 Å². The fourth-order valence-corrected chi connectivity index (χ4v) is 7.83. The molecule has 374 valence electrons. The first-order valence-electron chi connectivity index (χ1n) is 27.7. The van der Waals surface area contributed by atoms with Crippen LogP contribution in [0, 0.1) is 0 Å². The molecule has 0 saturated carbocycles. The van der Waals surface area contributed by atoms with Crippen LogP contribution in [0.2, 0.25) is 0 Å². The third kappa shape index (κ3) is 69.3. The zero-order valence-corrected chi connectivity index (χ0v) is 42.8. The summed E-state index contributed by atoms with van der Waals surface area (Å²) in [5, 5.41) is 20.8. The number of unbranched alkanes of at least 4 members (excludes halogenated alkanes) is 32. The number of aliphatic carboxylic acids is 2. The Morgan fingerprint density at radius 1 is 0.429 bits per heavy atom. The van der Waals surface area contributed by atoms with Crippen LogP contribution in [0.1, 0.15) is 297 Å². The minimum absolute atomic E-state index is 0.332. The fraction of sp³-hybridized carbons (Fsp3) is 0.860. The molecule has 0 heterocycles. The number of hydrogen-bond donors (Lipinski definition) is 4. The van der Waals surface area contributed by atoms with Crippen molar-refractivity contribution in [3.63, 3.8) is 0 Å². The molecule has 0 aliphatic rings. The molecule has 6 heteroatoms. The van der Waals surface area contributed by atoms with E-state index < -0.39 is 11.9 Å². The van der Waals surface area contributed by atoms with Gasteiger partial charge in [0.15, 0.2) is 0 Å². The van der Waals surface area contributed by atoms with Gasteiger partial charge in [-0.3, -0.25) is 9.59 Å². The van der Waals surface area contributed by atoms with Gasteiger partial charge in [0.2, 0.25) is 0 Å². The smallest absolute Gasteiger partial charge is 0.303 e. The third-order valence-electron chi connectivity index (χ3n) is 12.0. The highest BCUT2D eigenvalue weighted by molar-refractivity contribution is 5.66. The highest BCUT2D eigenvalue weighted by Gasteiger charge is 2.07. The summed E-state index contributed by atoms with van der Waals surface area (Å²) in [6, 6.07) is 0.719. The molecule has 63 heavy (non-hydrogen) atoms. The van der Waals surface area contributed by atoms with E-state index in [1.807, 2.05) is 6.08 Å². The Morgan fingerprint density at radius 3 is 1.02 bits per heavy atom. The molecule has 0 amide bonds. The number of rotatable bonds is 49. The molecule has 1 atom stereocenters. The zero-order chi connectivity index (χ0) is 46.8. The number of carboxylic acid groups (broad SMARTS) is 2. The van der Waals surface area contributed by atoms with Gasteiger partial charge >= 0.3 is 11.9 Å². The van der Waals surface area contributed by atoms with Gasteiger partial charge in [-0.15, -0.1) is 6.58 Å². The fourth-order valence-electron chi connectivity index (χ4n) is 7.83. The van der Waals surface area contributed by atoms with E-state index in [0.29, 0.717) is 12.8 Å². The standard InChI is InChI=1S/C21H44N2.2C18H34O2/c1-3-5-7-9-11-13-15-18-21(23-20-16-19-22)17-14-12-10-8-6-4-2;2*1-2-3-4-5-6-7-8-9-10-11-12-13-14-15-16-17-18(19)20/h4,21,23H,2-3,5-20,22H2,1H3;2*9-10H,2-8,11-17H2,1H3,(H,19,20). The van der Waals surface area contributed by atoms with Gasteiger partial charge in [-0.25, -0.2) is 0 Å². The quantitative estimate of drug-likeness (QED) is 0.0358. The first-order valence-corrected chi connectivity index (χ1v) is 27.7. The van der Waals surface area contributed by atoms with Gasteiger partial charge in [0.25, 0.3) is 0 Å². The number of nitrogens with one attached hydrogen (secondary N) is 1. The van der Waals surface area contributed by atoms with E-state index in [1.165, 1.54) is 231 Å². The highest BCUT2D eigenvalue weighted by Crippen LogP contribution is 2.15. The molecule has 6 nitrogen and oxygen atoms in total. The molecule has 0 aromatic rings. The van der Waals surface area contributed by atoms with Crippen molar-refractivity contribution in [2.45, 2.75) is 303 Å². The zero-order valence-electron chi connectivity index (χ0n) is 42.8. The van der Waals surface area contributed by atoms with Crippen molar-refractivity contribution in [3.05, 3.63) is 37.0 Å². The van der Waals surface area contributed by atoms with Gasteiger partial charge in [0.05, 0.1) is 0 Å². The van der Waals surface area contributed by atoms with Crippen LogP contribution in [-0.2, 0) is 9.59 Å². The van der Waals surface area contributed by atoms with E-state index in [9.17, 15) is 9.59 Å². The lowest BCUT2D eigenvalue weighted by molar-refractivity contribution is -0.138. The third-order valence-corrected chi connectivity index (χ3v) is 12.0. The summed E-state index contributed by atoms with van der Waals surface area (Å²) in [5.41, 5.74) is 5.61. The van der Waals surface area contributed by atoms with Crippen molar-refractivity contribution in [1.29, 1.82) is 0 Å². The monoisotopic (exact) mass is 889 g/mol. The summed E-state index contributed by atoms with van der Waals surface area (Å²) >= 11 is 0. The van der Waals surface area contributed by atoms with E-state index in [2.05, 4.69) is 57.0 Å². The molecule has 1 unspecified atom stereocenters. The number of nitrogens with two attached hydrogens (primary N) is 1. The molecule has 0 aromatic carbocycles. The predicted octanol–water partition coefficient (Wildman–Crippen LogP) is 18.2. The van der Waals surface area contributed by atoms with Crippen molar-refractivity contribution in [1.82, 2.24) is 5.32 Å². The van der Waals surface area contributed by atoms with Gasteiger partial charge < -0.3 is 21.3 Å². The van der Waals surface area contributed by atoms with E-state index in [4.69, 9.17) is 15.9 Å². The number of hydrogen-bond acceptors (Lipinski definition) is 4. The molecule has 0 rings (SSSR count). The average Bonchev–Trinajstić information content (AvgIpc) is 3.27. The van der Waals surface area contributed by atoms with E-state index in [1.54, 1.807) is 0 Å². The van der Waals surface area contributed by atoms with Crippen LogP contribution >= 0.6 is 0 Å². The number of carbonyl (C=O) groups is 2. The Morgan fingerprint density at radius 2 is 0.714 bits per heavy atom. The summed E-state index contributed by atoms with van der Waals surface area (Å²) in [7, 11) is 0. The van der Waals surface area contributed by atoms with Gasteiger partial charge in [-0.05, 0) is 109 Å². The van der Waals surface area contributed by atoms with Crippen LogP contribution in [0.4, 0.5) is 0 Å². The van der Waals surface area contributed by atoms with Crippen molar-refractivity contribution in [2.24, 2.45) is 5.73 Å². The molecule has 0 aromatic heterocycles. The molecule has 0 bridgehead atoms. The predicted molar refractivity (Wildman–Crippen MR) is 280 cm³/mol. The lowest BCUT2D eigenvalue weighted by Gasteiger charge is -2.18. The Bertz CT molecular complexity index is 885. The van der Waals surface area contributed by atoms with Crippen molar-refractivity contribution < 1.29 is 19.8 Å². The second kappa shape index (κ2) is 62.2. The van der Waals surface area contributed by atoms with Gasteiger partial charge in [-0.1, -0.05) is 218 Å². The summed E-state index contributed by atoms with van der Waals surface area (Å²) in [5.74, 6) is -1.33. The molecule has 0 aliphatic carbocycles. The molecule has 0 spiro atoms. The van der Waals surface area contributed by atoms with E-state index in [-0.39, 0.29) is 0 Å². The largest absolute Gasteiger partial charge is 0.481 e. The molecule has 0 aliphatic heterocycles. The first kappa shape index (κ1) is 65.4. The molecule has 5 N–H and O–H groups in total. The average molecular weight is 890 g/mol. The van der Waals surface area contributed by atoms with Crippen LogP contribution in [-0.4, -0.2) is 41.3 Å². The van der Waals surface area contributed by atoms with Crippen LogP contribution in [0.15, 0.2) is 37.0 Å². The molecule has 0 radical (unpaired) electrons. The van der Waals surface area contributed by atoms with Crippen LogP contribution in [0.5, 0.6) is 0 Å². The normalized spacial score (nSPS) is 11.7. The summed E-state index contributed by atoms with van der Waals surface area (Å²) in [6.45, 7) is 12.5. The lowest BCUT2D eigenvalue weighted by Crippen LogP contribution is -2.31. The minimum atomic E-state index is -0.664. The van der Waals surface area contributed by atoms with Crippen LogP contribution in [0.25, 0.3) is 0 Å². The lowest BCUT2D eigenvalue weighted by atomic mass is 10.00. The summed E-state index contributed by atoms with van der Waals surface area (Å²) in [4.78, 5) is 20.6. The number of allylic oxidation sites excluding steroid dienone is 5. The number of carboxylic acids is 2. The van der Waals surface area contributed by atoms with Crippen molar-refractivity contribution in [3.8, 4) is 0 Å². The van der Waals surface area contributed by atoms with Crippen molar-refractivity contribution in [2.75, 3.05) is 13.1 Å². The molecular formula is C57H112N2O4. The molecule has 0 fully saturated rings. The van der Waals surface area contributed by atoms with Crippen LogP contribution < -0.4 is 11.1 Å². The Labute approximate surface area is 394 Å². The molecular weight excluding hydrogens is 777 g/mol. The van der Waals surface area contributed by atoms with Gasteiger partial charge in [-0.2, -0.15) is 0 Å². The Hall–Kier alpha value is -1.92. The Kier molecular flexibility index (Phi) is 64.5. The summed E-state index contributed by atoms with van der Waals surface area (Å²) in [6.07, 6.45) is 64.8. The molecule has 0 saturated heterocycles. The SMILES string of the molecule is C=CCCCCCCC(CCCCCCCCC)NCCCN.CCCCCCCCC=CCCCCCCCC(=O)O.CCCCCCCCC=CCCCCCCCC(=O)O. The van der Waals surface area contributed by atoms with E-state index >= 15 is 0 Å². The van der Waals surface area contributed by atoms with Crippen LogP contribution in [0.3, 0.4) is 0 Å². The second-order valence-electron chi connectivity index (χ2n) is 18.4. The summed E-state index contributed by atoms with van der Waals surface area (Å²) < 4.78 is 0. The highest BCUT2D eigenvalue weighted by atomic mass is 16.4. The topological polar surface area (TPSA) is 113 Å². The maximum absolute atomic E-state index is 10.3. The Balaban J connectivity index is -0.000000860. The van der Waals surface area contributed by atoms with Crippen molar-refractivity contribution >= 4 is 11.9 Å². The van der Waals surface area contributed by atoms with E-state index in [0.717, 1.165) is 51.2 Å². The maximum Gasteiger partial charge on any atom is 0.303 e. The van der Waals surface area contributed by atoms with Gasteiger partial charge in [0, 0.05) is 18.9 Å². The second-order valence-corrected chi connectivity index (χ2v) is 18.4. The first-order chi connectivity index (χ1) is 30.9. The minimum Gasteiger partial charge on any atom is -0.481 e.